The topological polar surface area (TPSA) is 84.7 Å². The normalized spacial score (nSPS) is 15.3. The van der Waals surface area contributed by atoms with Gasteiger partial charge in [-0.15, -0.1) is 0 Å². The van der Waals surface area contributed by atoms with Gasteiger partial charge in [-0.25, -0.2) is 12.8 Å². The first-order valence-corrected chi connectivity index (χ1v) is 11.9. The van der Waals surface area contributed by atoms with Crippen LogP contribution in [0.1, 0.15) is 11.1 Å². The maximum atomic E-state index is 14.0. The largest absolute Gasteiger partial charge is 0.340 e. The lowest BCUT2D eigenvalue weighted by Gasteiger charge is -2.34. The highest BCUT2D eigenvalue weighted by Gasteiger charge is 2.31. The van der Waals surface area contributed by atoms with Crippen LogP contribution in [0.3, 0.4) is 0 Å². The first-order chi connectivity index (χ1) is 15.1. The van der Waals surface area contributed by atoms with E-state index in [1.165, 1.54) is 45.6 Å². The van der Waals surface area contributed by atoms with Crippen molar-refractivity contribution in [2.75, 3.05) is 39.8 Å². The quantitative estimate of drug-likeness (QED) is 0.611. The van der Waals surface area contributed by atoms with Gasteiger partial charge in [-0.3, -0.25) is 9.69 Å². The Labute approximate surface area is 196 Å². The van der Waals surface area contributed by atoms with Crippen LogP contribution in [-0.4, -0.2) is 68.2 Å². The van der Waals surface area contributed by atoms with Gasteiger partial charge in [0.1, 0.15) is 10.7 Å². The van der Waals surface area contributed by atoms with Gasteiger partial charge < -0.3 is 4.90 Å². The van der Waals surface area contributed by atoms with E-state index < -0.39 is 15.8 Å². The Kier molecular flexibility index (Phi) is 7.75. The van der Waals surface area contributed by atoms with Crippen molar-refractivity contribution < 1.29 is 17.6 Å². The van der Waals surface area contributed by atoms with Crippen molar-refractivity contribution in [1.29, 1.82) is 5.26 Å². The molecular formula is C21H21Cl2FN4O3S. The Bertz CT molecular complexity index is 1160. The second-order valence-electron chi connectivity index (χ2n) is 7.40. The smallest absolute Gasteiger partial charge is 0.244 e. The van der Waals surface area contributed by atoms with E-state index in [9.17, 15) is 17.6 Å². The lowest BCUT2D eigenvalue weighted by Crippen LogP contribution is -2.51. The zero-order valence-electron chi connectivity index (χ0n) is 17.3. The number of amides is 1. The number of nitrogens with zero attached hydrogens (tertiary/aromatic N) is 4. The fourth-order valence-corrected chi connectivity index (χ4v) is 5.53. The maximum absolute atomic E-state index is 14.0. The fraction of sp³-hybridized carbons (Fsp3) is 0.333. The van der Waals surface area contributed by atoms with Gasteiger partial charge in [0, 0.05) is 45.3 Å². The van der Waals surface area contributed by atoms with E-state index in [0.29, 0.717) is 18.7 Å². The number of benzene rings is 2. The Morgan fingerprint density at radius 1 is 1.19 bits per heavy atom. The van der Waals surface area contributed by atoms with Crippen molar-refractivity contribution in [2.24, 2.45) is 0 Å². The lowest BCUT2D eigenvalue weighted by atomic mass is 10.1. The molecule has 0 saturated carbocycles. The van der Waals surface area contributed by atoms with Crippen LogP contribution in [0, 0.1) is 17.1 Å². The van der Waals surface area contributed by atoms with E-state index in [-0.39, 0.29) is 52.6 Å². The Morgan fingerprint density at radius 3 is 2.53 bits per heavy atom. The number of piperazine rings is 1. The molecule has 0 bridgehead atoms. The summed E-state index contributed by atoms with van der Waals surface area (Å²) in [5, 5.41) is 9.12. The van der Waals surface area contributed by atoms with Crippen LogP contribution in [0.25, 0.3) is 0 Å². The number of likely N-dealkylation sites (N-methyl/N-ethyl adjacent to an activating group) is 1. The number of hydrogen-bond acceptors (Lipinski definition) is 5. The highest BCUT2D eigenvalue weighted by atomic mass is 35.5. The average molecular weight is 499 g/mol. The van der Waals surface area contributed by atoms with Crippen LogP contribution in [0.2, 0.25) is 10.0 Å². The minimum absolute atomic E-state index is 0.0129. The molecule has 1 heterocycles. The molecule has 1 aliphatic heterocycles. The summed E-state index contributed by atoms with van der Waals surface area (Å²) in [5.74, 6) is -0.719. The second kappa shape index (κ2) is 10.1. The summed E-state index contributed by atoms with van der Waals surface area (Å²) in [5.41, 5.74) is 0.577. The fourth-order valence-electron chi connectivity index (χ4n) is 3.37. The molecule has 1 amide bonds. The van der Waals surface area contributed by atoms with Gasteiger partial charge in [-0.2, -0.15) is 9.57 Å². The molecule has 2 aromatic carbocycles. The molecule has 0 unspecified atom stereocenters. The van der Waals surface area contributed by atoms with E-state index in [4.69, 9.17) is 28.5 Å². The van der Waals surface area contributed by atoms with Gasteiger partial charge >= 0.3 is 0 Å². The molecule has 0 radical (unpaired) electrons. The van der Waals surface area contributed by atoms with E-state index >= 15 is 0 Å². The summed E-state index contributed by atoms with van der Waals surface area (Å²) in [6.07, 6.45) is 0. The molecule has 1 aliphatic rings. The molecule has 2 aromatic rings. The van der Waals surface area contributed by atoms with Gasteiger partial charge in [0.05, 0.1) is 28.2 Å². The van der Waals surface area contributed by atoms with Crippen molar-refractivity contribution in [3.05, 3.63) is 63.4 Å². The molecule has 0 aromatic heterocycles. The Morgan fingerprint density at radius 2 is 1.88 bits per heavy atom. The molecule has 170 valence electrons. The Balaban J connectivity index is 1.58. The molecule has 0 spiro atoms. The third-order valence-corrected chi connectivity index (χ3v) is 8.10. The van der Waals surface area contributed by atoms with E-state index in [2.05, 4.69) is 0 Å². The second-order valence-corrected chi connectivity index (χ2v) is 10.1. The van der Waals surface area contributed by atoms with Crippen molar-refractivity contribution in [3.63, 3.8) is 0 Å². The van der Waals surface area contributed by atoms with Crippen molar-refractivity contribution in [1.82, 2.24) is 14.1 Å². The average Bonchev–Trinajstić information content (AvgIpc) is 2.77. The third-order valence-electron chi connectivity index (χ3n) is 5.23. The summed E-state index contributed by atoms with van der Waals surface area (Å²) in [4.78, 5) is 15.8. The molecule has 0 N–H and O–H groups in total. The zero-order valence-corrected chi connectivity index (χ0v) is 19.6. The van der Waals surface area contributed by atoms with Crippen molar-refractivity contribution in [2.45, 2.75) is 11.4 Å². The number of nitriles is 1. The molecule has 3 rings (SSSR count). The molecule has 7 nitrogen and oxygen atoms in total. The van der Waals surface area contributed by atoms with Crippen molar-refractivity contribution >= 4 is 39.1 Å². The highest BCUT2D eigenvalue weighted by molar-refractivity contribution is 7.89. The van der Waals surface area contributed by atoms with E-state index in [1.54, 1.807) is 7.05 Å². The molecule has 1 saturated heterocycles. The summed E-state index contributed by atoms with van der Waals surface area (Å²) < 4.78 is 41.1. The number of carbonyl (C=O) groups is 1. The van der Waals surface area contributed by atoms with Gasteiger partial charge in [0.15, 0.2) is 0 Å². The van der Waals surface area contributed by atoms with Crippen LogP contribution in [0.4, 0.5) is 4.39 Å². The summed E-state index contributed by atoms with van der Waals surface area (Å²) in [6.45, 7) is 1.20. The molecule has 1 fully saturated rings. The number of sulfonamides is 1. The predicted molar refractivity (Wildman–Crippen MR) is 119 cm³/mol. The maximum Gasteiger partial charge on any atom is 0.244 e. The number of hydrogen-bond donors (Lipinski definition) is 0. The SMILES string of the molecule is CN(Cc1cc(C#N)ccc1F)C(=O)CN1CCN(S(=O)(=O)c2cccc(Cl)c2Cl)CC1. The summed E-state index contributed by atoms with van der Waals surface area (Å²) in [6, 6.07) is 10.4. The number of rotatable bonds is 6. The van der Waals surface area contributed by atoms with Crippen molar-refractivity contribution in [3.8, 4) is 6.07 Å². The highest BCUT2D eigenvalue weighted by Crippen LogP contribution is 2.31. The summed E-state index contributed by atoms with van der Waals surface area (Å²) >= 11 is 12.0. The van der Waals surface area contributed by atoms with Gasteiger partial charge in [-0.05, 0) is 30.3 Å². The molecule has 0 aliphatic carbocycles. The van der Waals surface area contributed by atoms with Gasteiger partial charge in [0.25, 0.3) is 0 Å². The minimum Gasteiger partial charge on any atom is -0.340 e. The van der Waals surface area contributed by atoms with Gasteiger partial charge in [0.2, 0.25) is 15.9 Å². The van der Waals surface area contributed by atoms with Crippen LogP contribution in [0.5, 0.6) is 0 Å². The molecule has 32 heavy (non-hydrogen) atoms. The lowest BCUT2D eigenvalue weighted by molar-refractivity contribution is -0.131. The Hall–Kier alpha value is -2.22. The predicted octanol–water partition coefficient (Wildman–Crippen LogP) is 2.97. The van der Waals surface area contributed by atoms with E-state index in [1.807, 2.05) is 11.0 Å². The molecule has 11 heteroatoms. The van der Waals surface area contributed by atoms with Crippen LogP contribution in [-0.2, 0) is 21.4 Å². The molecular weight excluding hydrogens is 478 g/mol. The zero-order chi connectivity index (χ0) is 23.5. The summed E-state index contributed by atoms with van der Waals surface area (Å²) in [7, 11) is -2.25. The minimum atomic E-state index is -3.81. The third kappa shape index (κ3) is 5.39. The number of carbonyl (C=O) groups excluding carboxylic acids is 1. The van der Waals surface area contributed by atoms with Gasteiger partial charge in [-0.1, -0.05) is 29.3 Å². The first-order valence-electron chi connectivity index (χ1n) is 9.72. The molecule has 0 atom stereocenters. The van der Waals surface area contributed by atoms with Crippen LogP contribution in [0.15, 0.2) is 41.3 Å². The first kappa shape index (κ1) is 24.4. The van der Waals surface area contributed by atoms with Crippen LogP contribution >= 0.6 is 23.2 Å². The monoisotopic (exact) mass is 498 g/mol. The van der Waals surface area contributed by atoms with E-state index in [0.717, 1.165) is 0 Å². The van der Waals surface area contributed by atoms with Crippen LogP contribution < -0.4 is 0 Å². The number of halogens is 3. The standard InChI is InChI=1S/C21H21Cl2FN4O3S/c1-26(13-16-11-15(12-25)5-6-18(16)24)20(29)14-27-7-9-28(10-8-27)32(30,31)19-4-2-3-17(22)21(19)23/h2-6,11H,7-10,13-14H2,1H3.